The van der Waals surface area contributed by atoms with Crippen molar-refractivity contribution in [2.75, 3.05) is 0 Å². The molecule has 1 aromatic heterocycles. The minimum Gasteiger partial charge on any atom is -0.508 e. The predicted molar refractivity (Wildman–Crippen MR) is 93.8 cm³/mol. The summed E-state index contributed by atoms with van der Waals surface area (Å²) in [4.78, 5) is 0. The fourth-order valence-electron chi connectivity index (χ4n) is 2.80. The highest BCUT2D eigenvalue weighted by atomic mass is 16.3. The topological polar surface area (TPSA) is 25.2 Å². The van der Waals surface area contributed by atoms with Crippen LogP contribution >= 0.6 is 0 Å². The molecule has 0 fully saturated rings. The third-order valence-corrected chi connectivity index (χ3v) is 4.08. The first-order valence-electron chi connectivity index (χ1n) is 7.28. The minimum absolute atomic E-state index is 0.289. The summed E-state index contributed by atoms with van der Waals surface area (Å²) >= 11 is 0. The maximum Gasteiger partial charge on any atom is 0.117 e. The smallest absolute Gasteiger partial charge is 0.117 e. The van der Waals surface area contributed by atoms with Crippen molar-refractivity contribution in [3.05, 3.63) is 78.0 Å². The monoisotopic (exact) mass is 289 g/mol. The third kappa shape index (κ3) is 2.44. The van der Waals surface area contributed by atoms with Crippen LogP contribution in [0.4, 0.5) is 0 Å². The van der Waals surface area contributed by atoms with Crippen LogP contribution in [0.15, 0.2) is 61.2 Å². The molecule has 0 atom stereocenters. The van der Waals surface area contributed by atoms with E-state index in [-0.39, 0.29) is 5.75 Å². The van der Waals surface area contributed by atoms with Crippen molar-refractivity contribution < 1.29 is 5.11 Å². The molecule has 1 heterocycles. The molecule has 0 saturated carbocycles. The Morgan fingerprint density at radius 3 is 2.59 bits per heavy atom. The molecule has 2 nitrogen and oxygen atoms in total. The van der Waals surface area contributed by atoms with Crippen LogP contribution in [-0.4, -0.2) is 9.67 Å². The number of aromatic nitrogens is 1. The van der Waals surface area contributed by atoms with Gasteiger partial charge in [0.1, 0.15) is 5.75 Å². The molecule has 22 heavy (non-hydrogen) atoms. The van der Waals surface area contributed by atoms with Gasteiger partial charge in [-0.15, -0.1) is 0 Å². The standard InChI is InChI=1S/C20H19NO/c1-14(16-7-5-4-6-8-16)9-12-19-15(2)18-11-10-17(22)13-20(18)21(19)3/h4-13,22H,1H2,2-3H3/b12-9-. The van der Waals surface area contributed by atoms with E-state index in [0.29, 0.717) is 0 Å². The van der Waals surface area contributed by atoms with Crippen LogP contribution in [0.25, 0.3) is 22.6 Å². The molecular formula is C20H19NO. The number of aryl methyl sites for hydroxylation is 2. The summed E-state index contributed by atoms with van der Waals surface area (Å²) < 4.78 is 2.10. The van der Waals surface area contributed by atoms with Gasteiger partial charge in [0.2, 0.25) is 0 Å². The second-order valence-electron chi connectivity index (χ2n) is 5.50. The lowest BCUT2D eigenvalue weighted by molar-refractivity contribution is 0.476. The Labute approximate surface area is 130 Å². The van der Waals surface area contributed by atoms with Crippen LogP contribution in [0.1, 0.15) is 16.8 Å². The van der Waals surface area contributed by atoms with Gasteiger partial charge in [-0.2, -0.15) is 0 Å². The summed E-state index contributed by atoms with van der Waals surface area (Å²) in [5.74, 6) is 0.289. The molecule has 2 heteroatoms. The van der Waals surface area contributed by atoms with E-state index in [1.807, 2.05) is 37.4 Å². The Morgan fingerprint density at radius 1 is 1.14 bits per heavy atom. The Bertz CT molecular complexity index is 870. The SMILES string of the molecule is C=C(/C=C\c1c(C)c2ccc(O)cc2n1C)c1ccccc1. The van der Waals surface area contributed by atoms with E-state index in [1.54, 1.807) is 12.1 Å². The largest absolute Gasteiger partial charge is 0.508 e. The van der Waals surface area contributed by atoms with E-state index in [2.05, 4.69) is 36.3 Å². The maximum absolute atomic E-state index is 9.68. The number of fused-ring (bicyclic) bond motifs is 1. The zero-order valence-corrected chi connectivity index (χ0v) is 12.9. The van der Waals surface area contributed by atoms with Gasteiger partial charge in [-0.25, -0.2) is 0 Å². The number of phenolic OH excluding ortho intramolecular Hbond substituents is 1. The Morgan fingerprint density at radius 2 is 1.86 bits per heavy atom. The quantitative estimate of drug-likeness (QED) is 0.680. The Kier molecular flexibility index (Phi) is 3.60. The average Bonchev–Trinajstić information content (AvgIpc) is 2.77. The first-order chi connectivity index (χ1) is 10.6. The van der Waals surface area contributed by atoms with Crippen LogP contribution in [0.3, 0.4) is 0 Å². The van der Waals surface area contributed by atoms with Gasteiger partial charge in [-0.1, -0.05) is 43.0 Å². The molecule has 0 aliphatic carbocycles. The molecule has 0 radical (unpaired) electrons. The first kappa shape index (κ1) is 14.2. The van der Waals surface area contributed by atoms with Crippen LogP contribution in [0, 0.1) is 6.92 Å². The predicted octanol–water partition coefficient (Wildman–Crippen LogP) is 4.92. The molecule has 3 aromatic rings. The van der Waals surface area contributed by atoms with Crippen molar-refractivity contribution in [3.63, 3.8) is 0 Å². The van der Waals surface area contributed by atoms with Crippen molar-refractivity contribution in [2.45, 2.75) is 6.92 Å². The summed E-state index contributed by atoms with van der Waals surface area (Å²) in [6.45, 7) is 6.23. The molecule has 0 unspecified atom stereocenters. The molecule has 0 amide bonds. The van der Waals surface area contributed by atoms with Crippen LogP contribution in [0.5, 0.6) is 5.75 Å². The van der Waals surface area contributed by atoms with Crippen molar-refractivity contribution in [2.24, 2.45) is 7.05 Å². The van der Waals surface area contributed by atoms with Gasteiger partial charge < -0.3 is 9.67 Å². The molecule has 110 valence electrons. The number of aromatic hydroxyl groups is 1. The summed E-state index contributed by atoms with van der Waals surface area (Å²) in [5, 5.41) is 10.8. The molecule has 3 rings (SSSR count). The number of hydrogen-bond acceptors (Lipinski definition) is 1. The van der Waals surface area contributed by atoms with Crippen molar-refractivity contribution in [1.82, 2.24) is 4.57 Å². The van der Waals surface area contributed by atoms with E-state index in [0.717, 1.165) is 27.7 Å². The zero-order chi connectivity index (χ0) is 15.7. The number of nitrogens with zero attached hydrogens (tertiary/aromatic N) is 1. The summed E-state index contributed by atoms with van der Waals surface area (Å²) in [5.41, 5.74) is 5.45. The molecule has 0 spiro atoms. The van der Waals surface area contributed by atoms with E-state index in [9.17, 15) is 5.11 Å². The average molecular weight is 289 g/mol. The normalized spacial score (nSPS) is 11.4. The summed E-state index contributed by atoms with van der Waals surface area (Å²) in [6.07, 6.45) is 4.12. The summed E-state index contributed by atoms with van der Waals surface area (Å²) in [7, 11) is 2.01. The maximum atomic E-state index is 9.68. The Balaban J connectivity index is 2.01. The van der Waals surface area contributed by atoms with Gasteiger partial charge >= 0.3 is 0 Å². The number of rotatable bonds is 3. The van der Waals surface area contributed by atoms with E-state index in [4.69, 9.17) is 0 Å². The lowest BCUT2D eigenvalue weighted by Gasteiger charge is -2.02. The molecule has 0 aliphatic heterocycles. The molecule has 0 bridgehead atoms. The summed E-state index contributed by atoms with van der Waals surface area (Å²) in [6, 6.07) is 15.6. The van der Waals surface area contributed by atoms with E-state index < -0.39 is 0 Å². The van der Waals surface area contributed by atoms with Gasteiger partial charge in [0.05, 0.1) is 5.52 Å². The number of allylic oxidation sites excluding steroid dienone is 2. The van der Waals surface area contributed by atoms with Crippen molar-refractivity contribution in [1.29, 1.82) is 0 Å². The fourth-order valence-corrected chi connectivity index (χ4v) is 2.80. The van der Waals surface area contributed by atoms with Gasteiger partial charge in [-0.05, 0) is 41.8 Å². The van der Waals surface area contributed by atoms with Gasteiger partial charge in [0.25, 0.3) is 0 Å². The van der Waals surface area contributed by atoms with Crippen LogP contribution in [0.2, 0.25) is 0 Å². The second-order valence-corrected chi connectivity index (χ2v) is 5.50. The Hall–Kier alpha value is -2.74. The number of hydrogen-bond donors (Lipinski definition) is 1. The highest BCUT2D eigenvalue weighted by Crippen LogP contribution is 2.29. The highest BCUT2D eigenvalue weighted by Gasteiger charge is 2.10. The van der Waals surface area contributed by atoms with Gasteiger partial charge in [0.15, 0.2) is 0 Å². The van der Waals surface area contributed by atoms with Crippen molar-refractivity contribution in [3.8, 4) is 5.75 Å². The minimum atomic E-state index is 0.289. The van der Waals surface area contributed by atoms with Crippen LogP contribution < -0.4 is 0 Å². The lowest BCUT2D eigenvalue weighted by Crippen LogP contribution is -1.91. The lowest BCUT2D eigenvalue weighted by atomic mass is 10.1. The molecular weight excluding hydrogens is 270 g/mol. The molecule has 0 aliphatic rings. The van der Waals surface area contributed by atoms with Crippen molar-refractivity contribution >= 4 is 22.6 Å². The number of benzene rings is 2. The number of phenols is 1. The highest BCUT2D eigenvalue weighted by molar-refractivity contribution is 5.90. The zero-order valence-electron chi connectivity index (χ0n) is 12.9. The second kappa shape index (κ2) is 5.57. The third-order valence-electron chi connectivity index (χ3n) is 4.08. The molecule has 1 N–H and O–H groups in total. The first-order valence-corrected chi connectivity index (χ1v) is 7.28. The fraction of sp³-hybridized carbons (Fsp3) is 0.100. The van der Waals surface area contributed by atoms with E-state index >= 15 is 0 Å². The molecule has 0 saturated heterocycles. The van der Waals surface area contributed by atoms with Crippen LogP contribution in [-0.2, 0) is 7.05 Å². The van der Waals surface area contributed by atoms with E-state index in [1.165, 1.54) is 5.56 Å². The molecule has 2 aromatic carbocycles. The van der Waals surface area contributed by atoms with Gasteiger partial charge in [-0.3, -0.25) is 0 Å². The van der Waals surface area contributed by atoms with Gasteiger partial charge in [0, 0.05) is 24.2 Å².